The Morgan fingerprint density at radius 2 is 1.17 bits per heavy atom. The van der Waals surface area contributed by atoms with E-state index in [1.165, 1.54) is 21.3 Å². The highest BCUT2D eigenvalue weighted by molar-refractivity contribution is 6.14. The largest absolute Gasteiger partial charge is 0.375 e. The Kier molecular flexibility index (Phi) is 4.36. The minimum Gasteiger partial charge on any atom is -0.375 e. The topological polar surface area (TPSA) is 36.9 Å². The molecule has 0 fully saturated rings. The van der Waals surface area contributed by atoms with E-state index in [1.54, 1.807) is 7.11 Å². The maximum absolute atomic E-state index is 5.26. The fourth-order valence-corrected chi connectivity index (χ4v) is 1.72. The van der Waals surface area contributed by atoms with Gasteiger partial charge >= 0.3 is 5.97 Å². The van der Waals surface area contributed by atoms with Gasteiger partial charge in [0, 0.05) is 28.4 Å². The lowest BCUT2D eigenvalue weighted by molar-refractivity contribution is -0.400. The zero-order valence-corrected chi connectivity index (χ0v) is 10.6. The average Bonchev–Trinajstić information content (AvgIpc) is 2.08. The first-order valence-electron chi connectivity index (χ1n) is 3.70. The van der Waals surface area contributed by atoms with Crippen LogP contribution < -0.4 is 0 Å². The van der Waals surface area contributed by atoms with Crippen LogP contribution in [0.4, 0.5) is 0 Å². The summed E-state index contributed by atoms with van der Waals surface area (Å²) in [6.45, 7) is 1.88. The molecule has 0 saturated carbocycles. The zero-order valence-electron chi connectivity index (χ0n) is 8.63. The fourth-order valence-electron chi connectivity index (χ4n) is 1.11. The highest BCUT2D eigenvalue weighted by atomic mass is 28.1. The molecule has 0 aromatic carbocycles. The lowest BCUT2D eigenvalue weighted by atomic mass is 10.3. The Hall–Kier alpha value is 0.0569. The lowest BCUT2D eigenvalue weighted by Crippen LogP contribution is -2.58. The summed E-state index contributed by atoms with van der Waals surface area (Å²) >= 11 is 0. The molecule has 4 nitrogen and oxygen atoms in total. The van der Waals surface area contributed by atoms with E-state index in [-0.39, 0.29) is 0 Å². The molecule has 0 aliphatic heterocycles. The van der Waals surface area contributed by atoms with Gasteiger partial charge in [0.15, 0.2) is 0 Å². The molecule has 12 heavy (non-hydrogen) atoms. The molecule has 0 amide bonds. The molecule has 1 atom stereocenters. The van der Waals surface area contributed by atoms with E-state index in [2.05, 4.69) is 0 Å². The van der Waals surface area contributed by atoms with E-state index in [1.807, 2.05) is 6.92 Å². The Labute approximate surface area is 76.6 Å². The molecule has 0 heterocycles. The van der Waals surface area contributed by atoms with Crippen molar-refractivity contribution in [3.63, 3.8) is 0 Å². The van der Waals surface area contributed by atoms with Crippen LogP contribution in [0.5, 0.6) is 0 Å². The molecule has 0 N–H and O–H groups in total. The van der Waals surface area contributed by atoms with E-state index >= 15 is 0 Å². The molecule has 0 aromatic rings. The molecule has 5 heteroatoms. The van der Waals surface area contributed by atoms with Crippen molar-refractivity contribution in [2.75, 3.05) is 28.4 Å². The summed E-state index contributed by atoms with van der Waals surface area (Å²) < 4.78 is 20.7. The number of rotatable bonds is 5. The molecule has 0 saturated heterocycles. The van der Waals surface area contributed by atoms with Gasteiger partial charge in [0.1, 0.15) is 5.22 Å². The minimum atomic E-state index is -1.09. The van der Waals surface area contributed by atoms with E-state index < -0.39 is 11.2 Å². The first kappa shape index (κ1) is 12.1. The van der Waals surface area contributed by atoms with Crippen molar-refractivity contribution >= 4 is 10.2 Å². The van der Waals surface area contributed by atoms with Gasteiger partial charge in [0.25, 0.3) is 0 Å². The summed E-state index contributed by atoms with van der Waals surface area (Å²) in [6.07, 6.45) is 0. The Morgan fingerprint density at radius 1 is 0.833 bits per heavy atom. The second kappa shape index (κ2) is 4.34. The van der Waals surface area contributed by atoms with Gasteiger partial charge in [-0.1, -0.05) is 0 Å². The van der Waals surface area contributed by atoms with E-state index in [0.717, 1.165) is 10.2 Å². The summed E-state index contributed by atoms with van der Waals surface area (Å²) in [5, 5.41) is -0.523. The smallest absolute Gasteiger partial charge is 0.308 e. The number of methoxy groups -OCH3 is 4. The quantitative estimate of drug-likeness (QED) is 0.429. The predicted molar refractivity (Wildman–Crippen MR) is 49.1 cm³/mol. The standard InChI is InChI=1S/C7H18O4Si/c1-6(12,8-2)7(9-3,10-4)11-5/h1-5,12H3. The number of hydrogen-bond donors (Lipinski definition) is 0. The highest BCUT2D eigenvalue weighted by Crippen LogP contribution is 2.27. The molecule has 0 rings (SSSR count). The SMILES string of the molecule is COC(C)([SiH3])C(OC)(OC)OC. The van der Waals surface area contributed by atoms with Crippen molar-refractivity contribution in [3.05, 3.63) is 0 Å². The molecule has 0 bridgehead atoms. The van der Waals surface area contributed by atoms with Crippen molar-refractivity contribution < 1.29 is 18.9 Å². The summed E-state index contributed by atoms with van der Waals surface area (Å²) in [5.41, 5.74) is 0. The van der Waals surface area contributed by atoms with Gasteiger partial charge in [0.05, 0.1) is 10.2 Å². The minimum absolute atomic E-state index is 0.523. The fraction of sp³-hybridized carbons (Fsp3) is 1.00. The first-order chi connectivity index (χ1) is 5.49. The van der Waals surface area contributed by atoms with Crippen LogP contribution in [0, 0.1) is 0 Å². The van der Waals surface area contributed by atoms with E-state index in [0.29, 0.717) is 0 Å². The molecule has 0 aliphatic rings. The van der Waals surface area contributed by atoms with E-state index in [9.17, 15) is 0 Å². The van der Waals surface area contributed by atoms with Gasteiger partial charge in [-0.25, -0.2) is 0 Å². The van der Waals surface area contributed by atoms with Gasteiger partial charge in [-0.15, -0.1) is 0 Å². The van der Waals surface area contributed by atoms with Crippen LogP contribution >= 0.6 is 0 Å². The summed E-state index contributed by atoms with van der Waals surface area (Å²) in [5.74, 6) is -1.09. The van der Waals surface area contributed by atoms with Crippen molar-refractivity contribution in [2.45, 2.75) is 18.1 Å². The Morgan fingerprint density at radius 3 is 1.25 bits per heavy atom. The van der Waals surface area contributed by atoms with Crippen molar-refractivity contribution in [1.82, 2.24) is 0 Å². The first-order valence-corrected chi connectivity index (χ1v) is 4.70. The summed E-state index contributed by atoms with van der Waals surface area (Å²) in [6, 6.07) is 0. The summed E-state index contributed by atoms with van der Waals surface area (Å²) in [4.78, 5) is 0. The second-order valence-electron chi connectivity index (χ2n) is 2.88. The predicted octanol–water partition coefficient (Wildman–Crippen LogP) is -0.693. The van der Waals surface area contributed by atoms with Crippen LogP contribution in [-0.4, -0.2) is 49.9 Å². The lowest BCUT2D eigenvalue weighted by Gasteiger charge is -2.41. The van der Waals surface area contributed by atoms with E-state index in [4.69, 9.17) is 18.9 Å². The third kappa shape index (κ3) is 1.86. The Bertz CT molecular complexity index is 125. The van der Waals surface area contributed by atoms with Gasteiger partial charge in [0.2, 0.25) is 0 Å². The highest BCUT2D eigenvalue weighted by Gasteiger charge is 2.47. The molecular weight excluding hydrogens is 176 g/mol. The van der Waals surface area contributed by atoms with Crippen LogP contribution in [-0.2, 0) is 18.9 Å². The molecular formula is C7H18O4Si. The van der Waals surface area contributed by atoms with Crippen molar-refractivity contribution in [1.29, 1.82) is 0 Å². The molecule has 0 radical (unpaired) electrons. The normalized spacial score (nSPS) is 17.8. The third-order valence-corrected chi connectivity index (χ3v) is 3.07. The van der Waals surface area contributed by atoms with Crippen molar-refractivity contribution in [3.8, 4) is 0 Å². The molecule has 0 aliphatic carbocycles. The van der Waals surface area contributed by atoms with Gasteiger partial charge in [-0.3, -0.25) is 0 Å². The number of ether oxygens (including phenoxy) is 4. The van der Waals surface area contributed by atoms with Crippen LogP contribution in [0.15, 0.2) is 0 Å². The van der Waals surface area contributed by atoms with Crippen molar-refractivity contribution in [2.24, 2.45) is 0 Å². The van der Waals surface area contributed by atoms with Gasteiger partial charge in [-0.2, -0.15) is 0 Å². The molecule has 1 unspecified atom stereocenters. The second-order valence-corrected chi connectivity index (χ2v) is 4.79. The zero-order chi connectivity index (χ0) is 9.83. The monoisotopic (exact) mass is 194 g/mol. The average molecular weight is 194 g/mol. The molecule has 0 aromatic heterocycles. The van der Waals surface area contributed by atoms with Crippen LogP contribution in [0.25, 0.3) is 0 Å². The van der Waals surface area contributed by atoms with Gasteiger partial charge < -0.3 is 18.9 Å². The van der Waals surface area contributed by atoms with Crippen LogP contribution in [0.1, 0.15) is 6.92 Å². The third-order valence-electron chi connectivity index (χ3n) is 2.05. The maximum atomic E-state index is 5.26. The molecule has 74 valence electrons. The van der Waals surface area contributed by atoms with Crippen LogP contribution in [0.2, 0.25) is 0 Å². The molecule has 0 spiro atoms. The van der Waals surface area contributed by atoms with Crippen LogP contribution in [0.3, 0.4) is 0 Å². The Balaban J connectivity index is 4.69. The summed E-state index contributed by atoms with van der Waals surface area (Å²) in [7, 11) is 6.94. The maximum Gasteiger partial charge on any atom is 0.308 e. The number of hydrogen-bond acceptors (Lipinski definition) is 4. The van der Waals surface area contributed by atoms with Gasteiger partial charge in [-0.05, 0) is 6.92 Å².